The molecule has 3 rings (SSSR count). The van der Waals surface area contributed by atoms with Crippen molar-refractivity contribution in [2.75, 3.05) is 11.9 Å². The van der Waals surface area contributed by atoms with Gasteiger partial charge in [0.05, 0.1) is 11.2 Å². The molecule has 0 radical (unpaired) electrons. The minimum Gasteiger partial charge on any atom is -0.351 e. The largest absolute Gasteiger partial charge is 0.351 e. The minimum atomic E-state index is -0.903. The van der Waals surface area contributed by atoms with Crippen LogP contribution in [0.3, 0.4) is 0 Å². The second-order valence-corrected chi connectivity index (χ2v) is 5.57. The molecule has 0 saturated heterocycles. The van der Waals surface area contributed by atoms with Crippen LogP contribution in [0.5, 0.6) is 0 Å². The van der Waals surface area contributed by atoms with Crippen LogP contribution >= 0.6 is 0 Å². The van der Waals surface area contributed by atoms with E-state index in [1.165, 1.54) is 4.40 Å². The number of aromatic nitrogens is 2. The number of benzene rings is 1. The van der Waals surface area contributed by atoms with Gasteiger partial charge in [-0.2, -0.15) is 0 Å². The number of nitrogens with zero attached hydrogens (tertiary/aromatic N) is 2. The average Bonchev–Trinajstić information content (AvgIpc) is 3.02. The monoisotopic (exact) mass is 358 g/mol. The molecule has 6 nitrogen and oxygen atoms in total. The molecule has 0 spiro atoms. The highest BCUT2D eigenvalue weighted by Crippen LogP contribution is 2.18. The Morgan fingerprint density at radius 3 is 2.69 bits per heavy atom. The van der Waals surface area contributed by atoms with Gasteiger partial charge in [-0.1, -0.05) is 13.0 Å². The number of pyridine rings is 1. The van der Waals surface area contributed by atoms with E-state index < -0.39 is 23.4 Å². The van der Waals surface area contributed by atoms with Crippen molar-refractivity contribution in [1.29, 1.82) is 0 Å². The first-order valence-corrected chi connectivity index (χ1v) is 8.03. The van der Waals surface area contributed by atoms with Crippen LogP contribution in [0.1, 0.15) is 34.5 Å². The molecule has 0 aliphatic rings. The van der Waals surface area contributed by atoms with Crippen LogP contribution in [0, 0.1) is 11.6 Å². The Labute approximate surface area is 147 Å². The summed E-state index contributed by atoms with van der Waals surface area (Å²) in [6, 6.07) is 7.87. The number of hydrogen-bond acceptors (Lipinski definition) is 3. The van der Waals surface area contributed by atoms with Crippen LogP contribution in [0.15, 0.2) is 42.6 Å². The number of halogens is 2. The maximum Gasteiger partial charge on any atom is 0.292 e. The third kappa shape index (κ3) is 3.39. The quantitative estimate of drug-likeness (QED) is 0.736. The van der Waals surface area contributed by atoms with Crippen molar-refractivity contribution in [3.8, 4) is 0 Å². The van der Waals surface area contributed by atoms with E-state index in [2.05, 4.69) is 15.6 Å². The summed E-state index contributed by atoms with van der Waals surface area (Å²) in [7, 11) is 0. The van der Waals surface area contributed by atoms with Gasteiger partial charge in [0, 0.05) is 18.8 Å². The van der Waals surface area contributed by atoms with Crippen LogP contribution in [0.2, 0.25) is 0 Å². The van der Waals surface area contributed by atoms with Crippen LogP contribution in [0.4, 0.5) is 14.5 Å². The van der Waals surface area contributed by atoms with Crippen molar-refractivity contribution in [1.82, 2.24) is 14.7 Å². The number of nitrogens with one attached hydrogen (secondary N) is 2. The molecule has 0 saturated carbocycles. The van der Waals surface area contributed by atoms with Gasteiger partial charge in [-0.25, -0.2) is 13.8 Å². The van der Waals surface area contributed by atoms with Gasteiger partial charge in [0.25, 0.3) is 11.8 Å². The zero-order valence-corrected chi connectivity index (χ0v) is 13.9. The smallest absolute Gasteiger partial charge is 0.292 e. The Balaban J connectivity index is 1.96. The lowest BCUT2D eigenvalue weighted by Crippen LogP contribution is -2.24. The molecule has 134 valence electrons. The van der Waals surface area contributed by atoms with Crippen molar-refractivity contribution < 1.29 is 18.4 Å². The summed E-state index contributed by atoms with van der Waals surface area (Å²) in [5, 5.41) is 5.06. The predicted molar refractivity (Wildman–Crippen MR) is 92.1 cm³/mol. The van der Waals surface area contributed by atoms with E-state index in [9.17, 15) is 18.4 Å². The molecule has 1 aromatic carbocycles. The van der Waals surface area contributed by atoms with Crippen molar-refractivity contribution in [3.05, 3.63) is 65.7 Å². The highest BCUT2D eigenvalue weighted by molar-refractivity contribution is 6.06. The Morgan fingerprint density at radius 2 is 1.96 bits per heavy atom. The van der Waals surface area contributed by atoms with Crippen LogP contribution in [0.25, 0.3) is 5.52 Å². The lowest BCUT2D eigenvalue weighted by Gasteiger charge is -2.05. The summed E-state index contributed by atoms with van der Waals surface area (Å²) in [5.74, 6) is -2.85. The fourth-order valence-electron chi connectivity index (χ4n) is 2.46. The van der Waals surface area contributed by atoms with Gasteiger partial charge in [0.15, 0.2) is 5.69 Å². The molecule has 2 heterocycles. The highest BCUT2D eigenvalue weighted by atomic mass is 19.1. The molecule has 0 aliphatic heterocycles. The summed E-state index contributed by atoms with van der Waals surface area (Å²) in [4.78, 5) is 28.9. The molecular formula is C18H16F2N4O2. The van der Waals surface area contributed by atoms with Gasteiger partial charge in [-0.05, 0) is 30.7 Å². The zero-order chi connectivity index (χ0) is 18.7. The lowest BCUT2D eigenvalue weighted by atomic mass is 10.3. The van der Waals surface area contributed by atoms with E-state index in [0.29, 0.717) is 18.1 Å². The minimum absolute atomic E-state index is 0.0778. The number of carbonyl (C=O) groups excluding carboxylic acids is 2. The van der Waals surface area contributed by atoms with Gasteiger partial charge in [0.1, 0.15) is 11.6 Å². The van der Waals surface area contributed by atoms with Crippen molar-refractivity contribution >= 4 is 23.0 Å². The molecule has 3 aromatic rings. The molecule has 2 amide bonds. The van der Waals surface area contributed by atoms with E-state index in [0.717, 1.165) is 18.6 Å². The summed E-state index contributed by atoms with van der Waals surface area (Å²) in [6.45, 7) is 2.40. The van der Waals surface area contributed by atoms with Gasteiger partial charge in [-0.15, -0.1) is 0 Å². The summed E-state index contributed by atoms with van der Waals surface area (Å²) in [6.07, 6.45) is 2.34. The van der Waals surface area contributed by atoms with Crippen LogP contribution in [-0.2, 0) is 0 Å². The van der Waals surface area contributed by atoms with Crippen molar-refractivity contribution in [2.45, 2.75) is 13.3 Å². The maximum absolute atomic E-state index is 13.8. The van der Waals surface area contributed by atoms with E-state index in [4.69, 9.17) is 0 Å². The average molecular weight is 358 g/mol. The Hall–Kier alpha value is -3.29. The third-order valence-corrected chi connectivity index (χ3v) is 3.68. The number of amides is 2. The SMILES string of the molecule is CCCNC(=O)c1nc(C(=O)Nc2ccc(F)cc2F)n2ccccc12. The second kappa shape index (κ2) is 7.30. The third-order valence-electron chi connectivity index (χ3n) is 3.68. The molecule has 0 atom stereocenters. The van der Waals surface area contributed by atoms with Crippen molar-refractivity contribution in [3.63, 3.8) is 0 Å². The van der Waals surface area contributed by atoms with Gasteiger partial charge in [-0.3, -0.25) is 14.0 Å². The predicted octanol–water partition coefficient (Wildman–Crippen LogP) is 3.00. The standard InChI is InChI=1S/C18H16F2N4O2/c1-2-8-21-17(25)15-14-5-3-4-9-24(14)16(23-15)18(26)22-13-7-6-11(19)10-12(13)20/h3-7,9-10H,2,8H2,1H3,(H,21,25)(H,22,26). The zero-order valence-electron chi connectivity index (χ0n) is 13.9. The van der Waals surface area contributed by atoms with E-state index >= 15 is 0 Å². The summed E-state index contributed by atoms with van der Waals surface area (Å²) < 4.78 is 28.2. The Bertz CT molecular complexity index is 984. The van der Waals surface area contributed by atoms with Gasteiger partial charge in [0.2, 0.25) is 5.82 Å². The van der Waals surface area contributed by atoms with E-state index in [-0.39, 0.29) is 17.2 Å². The first kappa shape index (κ1) is 17.5. The molecule has 26 heavy (non-hydrogen) atoms. The lowest BCUT2D eigenvalue weighted by molar-refractivity contribution is 0.0951. The second-order valence-electron chi connectivity index (χ2n) is 5.57. The number of hydrogen-bond donors (Lipinski definition) is 2. The number of rotatable bonds is 5. The molecule has 0 bridgehead atoms. The molecule has 0 unspecified atom stereocenters. The molecule has 0 fully saturated rings. The number of anilines is 1. The molecule has 8 heteroatoms. The molecule has 2 N–H and O–H groups in total. The Morgan fingerprint density at radius 1 is 1.15 bits per heavy atom. The number of imidazole rings is 1. The van der Waals surface area contributed by atoms with Gasteiger partial charge < -0.3 is 10.6 Å². The summed E-state index contributed by atoms with van der Waals surface area (Å²) >= 11 is 0. The van der Waals surface area contributed by atoms with E-state index in [1.54, 1.807) is 24.4 Å². The Kier molecular flexibility index (Phi) is 4.92. The fraction of sp³-hybridized carbons (Fsp3) is 0.167. The first-order valence-electron chi connectivity index (χ1n) is 8.03. The summed E-state index contributed by atoms with van der Waals surface area (Å²) in [5.41, 5.74) is 0.371. The van der Waals surface area contributed by atoms with Crippen LogP contribution < -0.4 is 10.6 Å². The topological polar surface area (TPSA) is 75.5 Å². The van der Waals surface area contributed by atoms with Gasteiger partial charge >= 0.3 is 0 Å². The van der Waals surface area contributed by atoms with Crippen LogP contribution in [-0.4, -0.2) is 27.7 Å². The number of carbonyl (C=O) groups is 2. The molecular weight excluding hydrogens is 342 g/mol. The fourth-order valence-corrected chi connectivity index (χ4v) is 2.46. The highest BCUT2D eigenvalue weighted by Gasteiger charge is 2.22. The van der Waals surface area contributed by atoms with E-state index in [1.807, 2.05) is 6.92 Å². The first-order chi connectivity index (χ1) is 12.5. The molecule has 0 aliphatic carbocycles. The molecule has 2 aromatic heterocycles. The number of fused-ring (bicyclic) bond motifs is 1. The normalized spacial score (nSPS) is 10.7. The maximum atomic E-state index is 13.8. The van der Waals surface area contributed by atoms with Crippen molar-refractivity contribution in [2.24, 2.45) is 0 Å².